The smallest absolute Gasteiger partial charge is 0.339 e. The first-order valence-corrected chi connectivity index (χ1v) is 8.14. The van der Waals surface area contributed by atoms with Crippen LogP contribution in [0.25, 0.3) is 0 Å². The molecule has 3 rings (SSSR count). The van der Waals surface area contributed by atoms with E-state index in [1.165, 1.54) is 0 Å². The Hall–Kier alpha value is -1.85. The van der Waals surface area contributed by atoms with Gasteiger partial charge in [0.2, 0.25) is 0 Å². The zero-order chi connectivity index (χ0) is 16.6. The monoisotopic (exact) mass is 393 g/mol. The highest BCUT2D eigenvalue weighted by Crippen LogP contribution is 2.31. The summed E-state index contributed by atoms with van der Waals surface area (Å²) < 4.78 is 6.20. The van der Waals surface area contributed by atoms with Gasteiger partial charge in [-0.15, -0.1) is 0 Å². The Morgan fingerprint density at radius 1 is 1.30 bits per heavy atom. The van der Waals surface area contributed by atoms with E-state index in [1.54, 1.807) is 37.3 Å². The van der Waals surface area contributed by atoms with Crippen LogP contribution in [0.3, 0.4) is 0 Å². The molecule has 4 nitrogen and oxygen atoms in total. The number of carbonyl (C=O) groups excluding carboxylic acids is 2. The third-order valence-corrected chi connectivity index (χ3v) is 4.55. The van der Waals surface area contributed by atoms with Crippen LogP contribution in [0.1, 0.15) is 22.8 Å². The Morgan fingerprint density at radius 2 is 2.04 bits per heavy atom. The summed E-state index contributed by atoms with van der Waals surface area (Å²) in [6, 6.07) is 12.3. The number of amides is 1. The number of fused-ring (bicyclic) bond motifs is 1. The van der Waals surface area contributed by atoms with Crippen LogP contribution >= 0.6 is 27.5 Å². The lowest BCUT2D eigenvalue weighted by Gasteiger charge is -2.33. The number of hydrogen-bond donors (Lipinski definition) is 1. The normalized spacial score (nSPS) is 19.7. The van der Waals surface area contributed by atoms with Crippen molar-refractivity contribution in [2.75, 3.05) is 5.32 Å². The van der Waals surface area contributed by atoms with E-state index in [0.29, 0.717) is 22.7 Å². The number of nitrogens with one attached hydrogen (secondary N) is 1. The molecule has 0 saturated heterocycles. The molecule has 0 bridgehead atoms. The number of ether oxygens (including phenoxy) is 1. The summed E-state index contributed by atoms with van der Waals surface area (Å²) in [6.45, 7) is 1.60. The van der Waals surface area contributed by atoms with Crippen LogP contribution in [-0.2, 0) is 16.0 Å². The number of carbonyl (C=O) groups is 2. The molecule has 1 heterocycles. The lowest BCUT2D eigenvalue weighted by molar-refractivity contribution is -0.134. The first kappa shape index (κ1) is 16.0. The van der Waals surface area contributed by atoms with Crippen molar-refractivity contribution < 1.29 is 14.3 Å². The first-order valence-electron chi connectivity index (χ1n) is 6.97. The molecule has 1 unspecified atom stereocenters. The van der Waals surface area contributed by atoms with Gasteiger partial charge in [0.05, 0.1) is 16.3 Å². The van der Waals surface area contributed by atoms with Crippen LogP contribution in [0.2, 0.25) is 5.02 Å². The standard InChI is InChI=1S/C17H13BrClNO3/c1-17(9-10-4-2-3-5-12(10)15(21)23-17)16(22)20-14-7-6-11(18)8-13(14)19/h2-8H,9H2,1H3,(H,20,22). The van der Waals surface area contributed by atoms with E-state index in [4.69, 9.17) is 16.3 Å². The molecule has 2 aromatic carbocycles. The number of hydrogen-bond acceptors (Lipinski definition) is 3. The molecule has 2 aromatic rings. The van der Waals surface area contributed by atoms with Crippen molar-refractivity contribution in [3.63, 3.8) is 0 Å². The zero-order valence-corrected chi connectivity index (χ0v) is 14.6. The maximum atomic E-state index is 12.6. The zero-order valence-electron chi connectivity index (χ0n) is 12.2. The fourth-order valence-corrected chi connectivity index (χ4v) is 3.23. The van der Waals surface area contributed by atoms with Crippen molar-refractivity contribution in [3.8, 4) is 0 Å². The van der Waals surface area contributed by atoms with E-state index in [2.05, 4.69) is 21.2 Å². The van der Waals surface area contributed by atoms with E-state index in [9.17, 15) is 9.59 Å². The summed E-state index contributed by atoms with van der Waals surface area (Å²) in [6.07, 6.45) is 0.314. The number of benzene rings is 2. The van der Waals surface area contributed by atoms with Crippen LogP contribution < -0.4 is 5.32 Å². The molecule has 1 aliphatic rings. The van der Waals surface area contributed by atoms with E-state index in [0.717, 1.165) is 10.0 Å². The minimum absolute atomic E-state index is 0.314. The van der Waals surface area contributed by atoms with Gasteiger partial charge in [-0.25, -0.2) is 4.79 Å². The first-order chi connectivity index (χ1) is 10.9. The maximum absolute atomic E-state index is 12.6. The van der Waals surface area contributed by atoms with E-state index < -0.39 is 17.5 Å². The van der Waals surface area contributed by atoms with Crippen molar-refractivity contribution in [1.82, 2.24) is 0 Å². The molecule has 23 heavy (non-hydrogen) atoms. The van der Waals surface area contributed by atoms with Crippen molar-refractivity contribution >= 4 is 45.1 Å². The van der Waals surface area contributed by atoms with Crippen molar-refractivity contribution in [1.29, 1.82) is 0 Å². The van der Waals surface area contributed by atoms with Crippen LogP contribution in [0.4, 0.5) is 5.69 Å². The van der Waals surface area contributed by atoms with E-state index in [1.807, 2.05) is 12.1 Å². The van der Waals surface area contributed by atoms with Gasteiger partial charge in [-0.2, -0.15) is 0 Å². The Labute approximate surface area is 146 Å². The van der Waals surface area contributed by atoms with Gasteiger partial charge in [-0.3, -0.25) is 4.79 Å². The molecular weight excluding hydrogens is 382 g/mol. The number of anilines is 1. The summed E-state index contributed by atoms with van der Waals surface area (Å²) in [5.41, 5.74) is 0.487. The largest absolute Gasteiger partial charge is 0.445 e. The minimum Gasteiger partial charge on any atom is -0.445 e. The van der Waals surface area contributed by atoms with Gasteiger partial charge in [0.25, 0.3) is 5.91 Å². The number of esters is 1. The second-order valence-corrected chi connectivity index (χ2v) is 6.86. The molecule has 1 aliphatic heterocycles. The topological polar surface area (TPSA) is 55.4 Å². The second kappa shape index (κ2) is 5.98. The van der Waals surface area contributed by atoms with Crippen molar-refractivity contribution in [3.05, 3.63) is 63.1 Å². The Morgan fingerprint density at radius 3 is 2.78 bits per heavy atom. The molecule has 1 N–H and O–H groups in total. The molecule has 0 radical (unpaired) electrons. The van der Waals surface area contributed by atoms with E-state index in [-0.39, 0.29) is 0 Å². The molecule has 1 atom stereocenters. The highest BCUT2D eigenvalue weighted by molar-refractivity contribution is 9.10. The lowest BCUT2D eigenvalue weighted by Crippen LogP contribution is -2.48. The fraction of sp³-hybridized carbons (Fsp3) is 0.176. The molecular formula is C17H13BrClNO3. The van der Waals surface area contributed by atoms with Crippen molar-refractivity contribution in [2.45, 2.75) is 18.9 Å². The number of cyclic esters (lactones) is 1. The molecule has 1 amide bonds. The highest BCUT2D eigenvalue weighted by atomic mass is 79.9. The average molecular weight is 395 g/mol. The van der Waals surface area contributed by atoms with Gasteiger partial charge in [0.1, 0.15) is 0 Å². The molecule has 0 fully saturated rings. The predicted octanol–water partition coefficient (Wildman–Crippen LogP) is 4.21. The average Bonchev–Trinajstić information content (AvgIpc) is 2.50. The number of rotatable bonds is 2. The van der Waals surface area contributed by atoms with Gasteiger partial charge in [-0.1, -0.05) is 45.7 Å². The highest BCUT2D eigenvalue weighted by Gasteiger charge is 2.42. The quantitative estimate of drug-likeness (QED) is 0.776. The Balaban J connectivity index is 1.86. The van der Waals surface area contributed by atoms with Gasteiger partial charge in [-0.05, 0) is 36.8 Å². The van der Waals surface area contributed by atoms with Gasteiger partial charge in [0.15, 0.2) is 5.60 Å². The van der Waals surface area contributed by atoms with Crippen LogP contribution in [0.5, 0.6) is 0 Å². The summed E-state index contributed by atoms with van der Waals surface area (Å²) >= 11 is 9.42. The molecule has 0 saturated carbocycles. The predicted molar refractivity (Wildman–Crippen MR) is 91.7 cm³/mol. The summed E-state index contributed by atoms with van der Waals surface area (Å²) in [5, 5.41) is 3.13. The third-order valence-electron chi connectivity index (χ3n) is 3.74. The molecule has 0 aliphatic carbocycles. The summed E-state index contributed by atoms with van der Waals surface area (Å²) in [5.74, 6) is -0.907. The molecule has 118 valence electrons. The summed E-state index contributed by atoms with van der Waals surface area (Å²) in [4.78, 5) is 24.8. The second-order valence-electron chi connectivity index (χ2n) is 5.53. The van der Waals surface area contributed by atoms with Gasteiger partial charge < -0.3 is 10.1 Å². The van der Waals surface area contributed by atoms with Gasteiger partial charge in [0, 0.05) is 10.9 Å². The molecule has 6 heteroatoms. The minimum atomic E-state index is -1.28. The lowest BCUT2D eigenvalue weighted by atomic mass is 9.89. The summed E-state index contributed by atoms with van der Waals surface area (Å²) in [7, 11) is 0. The SMILES string of the molecule is CC1(C(=O)Nc2ccc(Br)cc2Cl)Cc2ccccc2C(=O)O1. The Kier molecular flexibility index (Phi) is 4.17. The van der Waals surface area contributed by atoms with Gasteiger partial charge >= 0.3 is 5.97 Å². The third kappa shape index (κ3) is 3.12. The maximum Gasteiger partial charge on any atom is 0.339 e. The number of halogens is 2. The molecule has 0 aromatic heterocycles. The van der Waals surface area contributed by atoms with Crippen LogP contribution in [0.15, 0.2) is 46.9 Å². The Bertz CT molecular complexity index is 808. The fourth-order valence-electron chi connectivity index (χ4n) is 2.50. The van der Waals surface area contributed by atoms with Crippen molar-refractivity contribution in [2.24, 2.45) is 0 Å². The van der Waals surface area contributed by atoms with E-state index >= 15 is 0 Å². The van der Waals surface area contributed by atoms with Crippen LogP contribution in [0, 0.1) is 0 Å². The van der Waals surface area contributed by atoms with Crippen LogP contribution in [-0.4, -0.2) is 17.5 Å². The molecule has 0 spiro atoms.